The summed E-state index contributed by atoms with van der Waals surface area (Å²) in [5, 5.41) is 9.97. The Bertz CT molecular complexity index is 971. The van der Waals surface area contributed by atoms with Crippen molar-refractivity contribution in [3.63, 3.8) is 0 Å². The molecule has 1 saturated carbocycles. The highest BCUT2D eigenvalue weighted by Gasteiger charge is 2.59. The maximum Gasteiger partial charge on any atom is 0.310 e. The number of carbonyl (C=O) groups is 2. The number of esters is 1. The molecular weight excluding hydrogens is 444 g/mol. The van der Waals surface area contributed by atoms with Gasteiger partial charge in [-0.15, -0.1) is 0 Å². The van der Waals surface area contributed by atoms with Crippen LogP contribution in [-0.4, -0.2) is 17.0 Å². The summed E-state index contributed by atoms with van der Waals surface area (Å²) in [5.41, 5.74) is 2.58. The highest BCUT2D eigenvalue weighted by atomic mass is 79.9. The van der Waals surface area contributed by atoms with Gasteiger partial charge in [0.2, 0.25) is 0 Å². The Balaban J connectivity index is 1.63. The van der Waals surface area contributed by atoms with Gasteiger partial charge >= 0.3 is 11.9 Å². The Morgan fingerprint density at radius 1 is 0.767 bits per heavy atom. The number of hydrogen-bond acceptors (Lipinski definition) is 3. The molecule has 1 aliphatic carbocycles. The van der Waals surface area contributed by atoms with Crippen molar-refractivity contribution in [2.75, 3.05) is 0 Å². The molecule has 1 fully saturated rings. The predicted molar refractivity (Wildman–Crippen MR) is 117 cm³/mol. The molecule has 0 amide bonds. The molecule has 5 heteroatoms. The number of carbonyl (C=O) groups excluding carboxylic acids is 1. The summed E-state index contributed by atoms with van der Waals surface area (Å²) in [5.74, 6) is -3.34. The van der Waals surface area contributed by atoms with Crippen LogP contribution in [0.15, 0.2) is 89.4 Å². The van der Waals surface area contributed by atoms with E-state index < -0.39 is 29.6 Å². The summed E-state index contributed by atoms with van der Waals surface area (Å²) < 4.78 is 6.61. The lowest BCUT2D eigenvalue weighted by molar-refractivity contribution is -0.165. The van der Waals surface area contributed by atoms with Crippen LogP contribution in [0.2, 0.25) is 0 Å². The van der Waals surface area contributed by atoms with Crippen LogP contribution in [0.1, 0.15) is 28.5 Å². The first-order chi connectivity index (χ1) is 14.6. The normalized spacial score (nSPS) is 22.7. The lowest BCUT2D eigenvalue weighted by atomic mass is 9.52. The second-order valence-electron chi connectivity index (χ2n) is 7.50. The fourth-order valence-electron chi connectivity index (χ4n) is 4.36. The second kappa shape index (κ2) is 8.84. The van der Waals surface area contributed by atoms with Crippen LogP contribution in [0.5, 0.6) is 0 Å². The average Bonchev–Trinajstić information content (AvgIpc) is 2.74. The summed E-state index contributed by atoms with van der Waals surface area (Å²) in [6, 6.07) is 26.4. The molecule has 0 radical (unpaired) electrons. The number of hydrogen-bond donors (Lipinski definition) is 1. The third-order valence-electron chi connectivity index (χ3n) is 5.77. The molecule has 1 aliphatic rings. The maximum absolute atomic E-state index is 13.2. The van der Waals surface area contributed by atoms with Gasteiger partial charge in [0.05, 0.1) is 11.8 Å². The van der Waals surface area contributed by atoms with Crippen molar-refractivity contribution in [1.29, 1.82) is 0 Å². The lowest BCUT2D eigenvalue weighted by Gasteiger charge is -2.49. The molecule has 2 atom stereocenters. The standard InChI is InChI=1S/C25H21BrO4/c26-19-13-11-16(12-14-19)15-30-25(29)23-20(17-7-3-1-4-8-17)22(24(27)28)21(23)18-9-5-2-6-10-18/h1-14,20-23H,15H2,(H,27,28)/t20-,21-,22-,23-/m1/s1. The SMILES string of the molecule is O=C(O)[C@H]1[C@@H](c2ccccc2)[C@H](C(=O)OCc2ccc(Br)cc2)[C@@H]1c1ccccc1. The Kier molecular flexibility index (Phi) is 6.00. The van der Waals surface area contributed by atoms with E-state index in [0.29, 0.717) is 0 Å². The zero-order valence-electron chi connectivity index (χ0n) is 16.1. The quantitative estimate of drug-likeness (QED) is 0.496. The first kappa shape index (κ1) is 20.4. The van der Waals surface area contributed by atoms with Crippen LogP contribution in [0.3, 0.4) is 0 Å². The van der Waals surface area contributed by atoms with E-state index in [1.807, 2.05) is 84.9 Å². The van der Waals surface area contributed by atoms with Gasteiger partial charge in [0.15, 0.2) is 0 Å². The minimum absolute atomic E-state index is 0.156. The van der Waals surface area contributed by atoms with Crippen LogP contribution < -0.4 is 0 Å². The number of rotatable bonds is 6. The van der Waals surface area contributed by atoms with Crippen LogP contribution in [0.25, 0.3) is 0 Å². The third-order valence-corrected chi connectivity index (χ3v) is 6.30. The molecule has 4 nitrogen and oxygen atoms in total. The second-order valence-corrected chi connectivity index (χ2v) is 8.41. The molecular formula is C25H21BrO4. The highest BCUT2D eigenvalue weighted by Crippen LogP contribution is 2.58. The molecule has 1 N–H and O–H groups in total. The van der Waals surface area contributed by atoms with E-state index >= 15 is 0 Å². The van der Waals surface area contributed by atoms with Crippen molar-refractivity contribution >= 4 is 27.9 Å². The van der Waals surface area contributed by atoms with Crippen molar-refractivity contribution in [2.45, 2.75) is 18.4 Å². The molecule has 0 spiro atoms. The Morgan fingerprint density at radius 3 is 1.73 bits per heavy atom. The molecule has 30 heavy (non-hydrogen) atoms. The molecule has 4 rings (SSSR count). The van der Waals surface area contributed by atoms with Gasteiger partial charge in [0.25, 0.3) is 0 Å². The van der Waals surface area contributed by atoms with Crippen LogP contribution >= 0.6 is 15.9 Å². The Labute approximate surface area is 183 Å². The zero-order valence-corrected chi connectivity index (χ0v) is 17.7. The van der Waals surface area contributed by atoms with Crippen molar-refractivity contribution in [3.05, 3.63) is 106 Å². The molecule has 0 unspecified atom stereocenters. The summed E-state index contributed by atoms with van der Waals surface area (Å²) >= 11 is 3.39. The number of aliphatic carboxylic acids is 1. The van der Waals surface area contributed by atoms with Gasteiger partial charge in [-0.2, -0.15) is 0 Å². The molecule has 0 bridgehead atoms. The number of ether oxygens (including phenoxy) is 1. The van der Waals surface area contributed by atoms with Gasteiger partial charge in [-0.1, -0.05) is 88.7 Å². The van der Waals surface area contributed by atoms with E-state index in [-0.39, 0.29) is 12.6 Å². The molecule has 0 saturated heterocycles. The molecule has 0 aliphatic heterocycles. The van der Waals surface area contributed by atoms with Crippen LogP contribution in [0.4, 0.5) is 0 Å². The Hall–Kier alpha value is -2.92. The number of benzene rings is 3. The first-order valence-electron chi connectivity index (χ1n) is 9.80. The molecule has 0 heterocycles. The van der Waals surface area contributed by atoms with Gasteiger partial charge < -0.3 is 9.84 Å². The summed E-state index contributed by atoms with van der Waals surface area (Å²) in [4.78, 5) is 25.3. The Morgan fingerprint density at radius 2 is 1.27 bits per heavy atom. The number of carboxylic acid groups (broad SMARTS) is 1. The van der Waals surface area contributed by atoms with Gasteiger partial charge in [0.1, 0.15) is 6.61 Å². The first-order valence-corrected chi connectivity index (χ1v) is 10.6. The number of carboxylic acids is 1. The monoisotopic (exact) mass is 464 g/mol. The van der Waals surface area contributed by atoms with E-state index in [4.69, 9.17) is 4.74 Å². The lowest BCUT2D eigenvalue weighted by Crippen LogP contribution is -2.51. The molecule has 152 valence electrons. The fourth-order valence-corrected chi connectivity index (χ4v) is 4.62. The molecule has 0 aromatic heterocycles. The zero-order chi connectivity index (χ0) is 21.1. The van der Waals surface area contributed by atoms with Crippen LogP contribution in [-0.2, 0) is 20.9 Å². The fraction of sp³-hybridized carbons (Fsp3) is 0.200. The predicted octanol–water partition coefficient (Wildman–Crippen LogP) is 5.39. The van der Waals surface area contributed by atoms with Crippen molar-refractivity contribution in [2.24, 2.45) is 11.8 Å². The molecule has 3 aromatic carbocycles. The smallest absolute Gasteiger partial charge is 0.310 e. The third kappa shape index (κ3) is 4.03. The van der Waals surface area contributed by atoms with Gasteiger partial charge in [-0.05, 0) is 28.8 Å². The minimum Gasteiger partial charge on any atom is -0.481 e. The van der Waals surface area contributed by atoms with E-state index in [1.54, 1.807) is 0 Å². The largest absolute Gasteiger partial charge is 0.481 e. The van der Waals surface area contributed by atoms with E-state index in [0.717, 1.165) is 21.2 Å². The van der Waals surface area contributed by atoms with Gasteiger partial charge in [0, 0.05) is 16.3 Å². The van der Waals surface area contributed by atoms with E-state index in [1.165, 1.54) is 0 Å². The summed E-state index contributed by atoms with van der Waals surface area (Å²) in [6.45, 7) is 0.156. The van der Waals surface area contributed by atoms with Crippen molar-refractivity contribution < 1.29 is 19.4 Å². The van der Waals surface area contributed by atoms with E-state index in [2.05, 4.69) is 15.9 Å². The summed E-state index contributed by atoms with van der Waals surface area (Å²) in [7, 11) is 0. The van der Waals surface area contributed by atoms with Crippen molar-refractivity contribution in [1.82, 2.24) is 0 Å². The van der Waals surface area contributed by atoms with Gasteiger partial charge in [-0.25, -0.2) is 0 Å². The van der Waals surface area contributed by atoms with Gasteiger partial charge in [-0.3, -0.25) is 9.59 Å². The average molecular weight is 465 g/mol. The molecule has 3 aromatic rings. The number of halogens is 1. The topological polar surface area (TPSA) is 63.6 Å². The highest BCUT2D eigenvalue weighted by molar-refractivity contribution is 9.10. The van der Waals surface area contributed by atoms with Crippen molar-refractivity contribution in [3.8, 4) is 0 Å². The maximum atomic E-state index is 13.2. The van der Waals surface area contributed by atoms with Crippen LogP contribution in [0, 0.1) is 11.8 Å². The van der Waals surface area contributed by atoms with E-state index in [9.17, 15) is 14.7 Å². The minimum atomic E-state index is -0.894. The summed E-state index contributed by atoms with van der Waals surface area (Å²) in [6.07, 6.45) is 0.